The zero-order chi connectivity index (χ0) is 13.2. The summed E-state index contributed by atoms with van der Waals surface area (Å²) in [4.78, 5) is 9.67. The number of nitrogen functional groups attached to an aromatic ring is 1. The minimum atomic E-state index is 0.815. The molecule has 3 aromatic rings. The molecule has 0 saturated heterocycles. The first-order valence-electron chi connectivity index (χ1n) is 5.98. The lowest BCUT2D eigenvalue weighted by molar-refractivity contribution is 1.10. The predicted molar refractivity (Wildman–Crippen MR) is 79.3 cm³/mol. The first-order valence-corrected chi connectivity index (χ1v) is 6.80. The van der Waals surface area contributed by atoms with Gasteiger partial charge in [0, 0.05) is 16.0 Å². The fourth-order valence-electron chi connectivity index (χ4n) is 1.91. The lowest BCUT2D eigenvalue weighted by Gasteiger charge is -2.08. The third kappa shape index (κ3) is 2.27. The highest BCUT2D eigenvalue weighted by atomic mass is 32.2. The van der Waals surface area contributed by atoms with Gasteiger partial charge in [0.15, 0.2) is 0 Å². The Morgan fingerprint density at radius 2 is 1.84 bits per heavy atom. The zero-order valence-corrected chi connectivity index (χ0v) is 11.3. The Bertz CT molecular complexity index is 735. The molecular weight excluding hydrogens is 254 g/mol. The van der Waals surface area contributed by atoms with E-state index in [0.29, 0.717) is 0 Å². The Hall–Kier alpha value is -2.07. The molecule has 0 radical (unpaired) electrons. The topological polar surface area (TPSA) is 51.8 Å². The van der Waals surface area contributed by atoms with Crippen molar-refractivity contribution in [3.8, 4) is 0 Å². The number of nitrogens with zero attached hydrogens (tertiary/aromatic N) is 2. The number of nitrogens with two attached hydrogens (primary N) is 1. The highest BCUT2D eigenvalue weighted by Gasteiger charge is 2.08. The number of hydrogen-bond acceptors (Lipinski definition) is 4. The normalized spacial score (nSPS) is 10.8. The van der Waals surface area contributed by atoms with Crippen LogP contribution < -0.4 is 5.73 Å². The van der Waals surface area contributed by atoms with Crippen molar-refractivity contribution in [2.75, 3.05) is 5.73 Å². The molecule has 0 aliphatic rings. The van der Waals surface area contributed by atoms with Crippen molar-refractivity contribution in [3.05, 3.63) is 54.4 Å². The average molecular weight is 267 g/mol. The summed E-state index contributed by atoms with van der Waals surface area (Å²) in [6.45, 7) is 2.01. The van der Waals surface area contributed by atoms with Crippen LogP contribution >= 0.6 is 11.8 Å². The molecule has 0 amide bonds. The van der Waals surface area contributed by atoms with Crippen molar-refractivity contribution >= 4 is 28.4 Å². The number of hydrogen-bond donors (Lipinski definition) is 1. The Labute approximate surface area is 115 Å². The molecule has 0 unspecified atom stereocenters. The van der Waals surface area contributed by atoms with Gasteiger partial charge in [0.1, 0.15) is 11.4 Å². The van der Waals surface area contributed by atoms with E-state index in [2.05, 4.69) is 9.97 Å². The van der Waals surface area contributed by atoms with E-state index < -0.39 is 0 Å². The molecule has 3 rings (SSSR count). The van der Waals surface area contributed by atoms with E-state index in [-0.39, 0.29) is 0 Å². The van der Waals surface area contributed by atoms with Gasteiger partial charge >= 0.3 is 0 Å². The second kappa shape index (κ2) is 4.90. The molecular formula is C15H13N3S. The van der Waals surface area contributed by atoms with E-state index in [1.807, 2.05) is 49.4 Å². The highest BCUT2D eigenvalue weighted by molar-refractivity contribution is 7.99. The Balaban J connectivity index is 2.09. The lowest BCUT2D eigenvalue weighted by Crippen LogP contribution is -1.93. The van der Waals surface area contributed by atoms with Crippen LogP contribution in [0.5, 0.6) is 0 Å². The molecule has 0 saturated carbocycles. The summed E-state index contributed by atoms with van der Waals surface area (Å²) < 4.78 is 0. The van der Waals surface area contributed by atoms with Crippen LogP contribution in [0.3, 0.4) is 0 Å². The number of aryl methyl sites for hydroxylation is 1. The van der Waals surface area contributed by atoms with E-state index in [1.165, 1.54) is 0 Å². The maximum absolute atomic E-state index is 6.11. The molecule has 4 heteroatoms. The fraction of sp³-hybridized carbons (Fsp3) is 0.0667. The maximum atomic E-state index is 6.11. The number of benzene rings is 2. The van der Waals surface area contributed by atoms with Crippen molar-refractivity contribution in [2.45, 2.75) is 16.8 Å². The quantitative estimate of drug-likeness (QED) is 0.568. The molecule has 0 spiro atoms. The Morgan fingerprint density at radius 1 is 1.00 bits per heavy atom. The van der Waals surface area contributed by atoms with Gasteiger partial charge in [-0.3, -0.25) is 0 Å². The first-order chi connectivity index (χ1) is 9.25. The zero-order valence-electron chi connectivity index (χ0n) is 10.5. The SMILES string of the molecule is Cc1cccc(Sc2ncnc3ccccc23)c1N. The van der Waals surface area contributed by atoms with Gasteiger partial charge in [0.2, 0.25) is 0 Å². The second-order valence-corrected chi connectivity index (χ2v) is 5.32. The number of para-hydroxylation sites is 2. The van der Waals surface area contributed by atoms with Gasteiger partial charge < -0.3 is 5.73 Å². The summed E-state index contributed by atoms with van der Waals surface area (Å²) in [6.07, 6.45) is 1.59. The Morgan fingerprint density at radius 3 is 2.74 bits per heavy atom. The van der Waals surface area contributed by atoms with E-state index in [1.54, 1.807) is 18.1 Å². The summed E-state index contributed by atoms with van der Waals surface area (Å²) in [5, 5.41) is 1.99. The van der Waals surface area contributed by atoms with Crippen LogP contribution in [-0.4, -0.2) is 9.97 Å². The average Bonchev–Trinajstić information content (AvgIpc) is 2.44. The van der Waals surface area contributed by atoms with Crippen molar-refractivity contribution in [2.24, 2.45) is 0 Å². The number of rotatable bonds is 2. The molecule has 19 heavy (non-hydrogen) atoms. The minimum absolute atomic E-state index is 0.815. The van der Waals surface area contributed by atoms with E-state index in [4.69, 9.17) is 5.73 Å². The monoisotopic (exact) mass is 267 g/mol. The molecule has 1 heterocycles. The van der Waals surface area contributed by atoms with Crippen LogP contribution in [0.2, 0.25) is 0 Å². The van der Waals surface area contributed by atoms with Gasteiger partial charge in [0.05, 0.1) is 5.52 Å². The Kier molecular flexibility index (Phi) is 3.09. The molecule has 94 valence electrons. The third-order valence-electron chi connectivity index (χ3n) is 3.00. The van der Waals surface area contributed by atoms with E-state index >= 15 is 0 Å². The van der Waals surface area contributed by atoms with Crippen LogP contribution in [0.1, 0.15) is 5.56 Å². The second-order valence-electron chi connectivity index (χ2n) is 4.28. The summed E-state index contributed by atoms with van der Waals surface area (Å²) in [5.74, 6) is 0. The van der Waals surface area contributed by atoms with Gasteiger partial charge in [-0.05, 0) is 24.6 Å². The molecule has 2 aromatic carbocycles. The molecule has 0 atom stereocenters. The van der Waals surface area contributed by atoms with Crippen molar-refractivity contribution in [1.82, 2.24) is 9.97 Å². The summed E-state index contributed by atoms with van der Waals surface area (Å²) >= 11 is 1.58. The van der Waals surface area contributed by atoms with Gasteiger partial charge in [-0.15, -0.1) is 0 Å². The molecule has 0 aliphatic heterocycles. The summed E-state index contributed by atoms with van der Waals surface area (Å²) in [7, 11) is 0. The lowest BCUT2D eigenvalue weighted by atomic mass is 10.2. The van der Waals surface area contributed by atoms with Gasteiger partial charge in [-0.25, -0.2) is 9.97 Å². The van der Waals surface area contributed by atoms with E-state index in [0.717, 1.165) is 32.1 Å². The van der Waals surface area contributed by atoms with Gasteiger partial charge in [0.25, 0.3) is 0 Å². The molecule has 1 aromatic heterocycles. The largest absolute Gasteiger partial charge is 0.398 e. The maximum Gasteiger partial charge on any atom is 0.117 e. The molecule has 2 N–H and O–H groups in total. The van der Waals surface area contributed by atoms with Crippen molar-refractivity contribution in [1.29, 1.82) is 0 Å². The highest BCUT2D eigenvalue weighted by Crippen LogP contribution is 2.35. The van der Waals surface area contributed by atoms with Crippen LogP contribution in [0.4, 0.5) is 5.69 Å². The summed E-state index contributed by atoms with van der Waals surface area (Å²) in [5.41, 5.74) is 8.96. The number of anilines is 1. The van der Waals surface area contributed by atoms with Crippen LogP contribution in [0.25, 0.3) is 10.9 Å². The van der Waals surface area contributed by atoms with E-state index in [9.17, 15) is 0 Å². The van der Waals surface area contributed by atoms with Crippen molar-refractivity contribution in [3.63, 3.8) is 0 Å². The number of aromatic nitrogens is 2. The fourth-order valence-corrected chi connectivity index (χ4v) is 2.92. The smallest absolute Gasteiger partial charge is 0.117 e. The first kappa shape index (κ1) is 12.0. The minimum Gasteiger partial charge on any atom is -0.398 e. The van der Waals surface area contributed by atoms with Crippen LogP contribution in [0.15, 0.2) is 58.7 Å². The summed E-state index contributed by atoms with van der Waals surface area (Å²) in [6, 6.07) is 14.0. The molecule has 0 fully saturated rings. The van der Waals surface area contributed by atoms with Crippen LogP contribution in [0, 0.1) is 6.92 Å². The van der Waals surface area contributed by atoms with Crippen molar-refractivity contribution < 1.29 is 0 Å². The molecule has 0 bridgehead atoms. The third-order valence-corrected chi connectivity index (χ3v) is 4.09. The van der Waals surface area contributed by atoms with Gasteiger partial charge in [-0.2, -0.15) is 0 Å². The predicted octanol–water partition coefficient (Wildman–Crippen LogP) is 3.67. The molecule has 0 aliphatic carbocycles. The number of fused-ring (bicyclic) bond motifs is 1. The van der Waals surface area contributed by atoms with Crippen LogP contribution in [-0.2, 0) is 0 Å². The standard InChI is InChI=1S/C15H13N3S/c1-10-5-4-8-13(14(10)16)19-15-11-6-2-3-7-12(11)17-9-18-15/h2-9H,16H2,1H3. The molecule has 3 nitrogen and oxygen atoms in total. The van der Waals surface area contributed by atoms with Gasteiger partial charge in [-0.1, -0.05) is 42.1 Å².